The van der Waals surface area contributed by atoms with E-state index >= 15 is 0 Å². The van der Waals surface area contributed by atoms with E-state index < -0.39 is 0 Å². The maximum absolute atomic E-state index is 3.93. The lowest BCUT2D eigenvalue weighted by Gasteiger charge is -2.33. The topological polar surface area (TPSA) is 0 Å². The van der Waals surface area contributed by atoms with Gasteiger partial charge in [0.15, 0.2) is 0 Å². The van der Waals surface area contributed by atoms with E-state index in [-0.39, 0.29) is 12.4 Å². The van der Waals surface area contributed by atoms with E-state index in [1.165, 1.54) is 57.2 Å². The molecule has 120 valence electrons. The molecule has 0 bridgehead atoms. The molecule has 0 spiro atoms. The average Bonchev–Trinajstić information content (AvgIpc) is 2.47. The largest absolute Gasteiger partial charge is 1.00 e. The quantitative estimate of drug-likeness (QED) is 0.335. The molecule has 0 fully saturated rings. The van der Waals surface area contributed by atoms with Crippen molar-refractivity contribution in [3.63, 3.8) is 0 Å². The Morgan fingerprint density at radius 2 is 1.52 bits per heavy atom. The third kappa shape index (κ3) is 7.68. The molecule has 0 aliphatic carbocycles. The van der Waals surface area contributed by atoms with Gasteiger partial charge in [0.2, 0.25) is 0 Å². The van der Waals surface area contributed by atoms with Gasteiger partial charge in [0.05, 0.1) is 13.6 Å². The molecule has 0 N–H and O–H groups in total. The van der Waals surface area contributed by atoms with Crippen LogP contribution in [0.3, 0.4) is 0 Å². The molecular formula is C19H32ClN. The molecule has 0 aromatic heterocycles. The lowest BCUT2D eigenvalue weighted by molar-refractivity contribution is -0.00000439. The Labute approximate surface area is 138 Å². The van der Waals surface area contributed by atoms with E-state index in [0.29, 0.717) is 0 Å². The Hall–Kier alpha value is -0.790. The predicted molar refractivity (Wildman–Crippen MR) is 92.1 cm³/mol. The van der Waals surface area contributed by atoms with Crippen LogP contribution in [0.25, 0.3) is 0 Å². The van der Waals surface area contributed by atoms with Crippen LogP contribution in [0.1, 0.15) is 51.9 Å². The predicted octanol–water partition coefficient (Wildman–Crippen LogP) is 2.56. The molecule has 0 aliphatic rings. The number of unbranched alkanes of at least 4 members (excludes halogenated alkanes) is 6. The number of hydrogen-bond donors (Lipinski definition) is 0. The summed E-state index contributed by atoms with van der Waals surface area (Å²) >= 11 is 0. The van der Waals surface area contributed by atoms with Crippen molar-refractivity contribution in [1.82, 2.24) is 4.48 Å². The van der Waals surface area contributed by atoms with Gasteiger partial charge in [-0.05, 0) is 31.1 Å². The molecule has 0 heterocycles. The highest BCUT2D eigenvalue weighted by Crippen LogP contribution is 2.22. The Morgan fingerprint density at radius 3 is 2.10 bits per heavy atom. The van der Waals surface area contributed by atoms with Crippen molar-refractivity contribution in [1.29, 1.82) is 0 Å². The zero-order valence-corrected chi connectivity index (χ0v) is 14.6. The second kappa shape index (κ2) is 11.8. The van der Waals surface area contributed by atoms with E-state index in [1.807, 2.05) is 6.08 Å². The van der Waals surface area contributed by atoms with Crippen molar-refractivity contribution in [2.24, 2.45) is 0 Å². The van der Waals surface area contributed by atoms with Crippen LogP contribution in [0.15, 0.2) is 43.0 Å². The monoisotopic (exact) mass is 309 g/mol. The lowest BCUT2D eigenvalue weighted by Crippen LogP contribution is -3.00. The molecule has 1 rings (SSSR count). The van der Waals surface area contributed by atoms with Crippen LogP contribution in [0.5, 0.6) is 0 Å². The van der Waals surface area contributed by atoms with Crippen LogP contribution in [-0.2, 0) is 0 Å². The van der Waals surface area contributed by atoms with Crippen LogP contribution in [-0.4, -0.2) is 20.1 Å². The molecule has 0 radical (unpaired) electrons. The van der Waals surface area contributed by atoms with Crippen LogP contribution in [0.4, 0.5) is 5.69 Å². The molecule has 0 saturated heterocycles. The van der Waals surface area contributed by atoms with E-state index in [1.54, 1.807) is 0 Å². The van der Waals surface area contributed by atoms with E-state index in [9.17, 15) is 0 Å². The number of likely N-dealkylation sites (N-methyl/N-ethyl adjacent to an activating group) is 1. The van der Waals surface area contributed by atoms with Crippen LogP contribution in [0, 0.1) is 0 Å². The van der Waals surface area contributed by atoms with Crippen molar-refractivity contribution < 1.29 is 12.4 Å². The minimum Gasteiger partial charge on any atom is -1.00 e. The third-order valence-electron chi connectivity index (χ3n) is 4.17. The molecule has 1 nitrogen and oxygen atoms in total. The zero-order valence-electron chi connectivity index (χ0n) is 13.9. The second-order valence-corrected chi connectivity index (χ2v) is 6.05. The van der Waals surface area contributed by atoms with Gasteiger partial charge >= 0.3 is 0 Å². The first-order valence-corrected chi connectivity index (χ1v) is 8.24. The smallest absolute Gasteiger partial charge is 0.132 e. The Balaban J connectivity index is 0.00000400. The summed E-state index contributed by atoms with van der Waals surface area (Å²) in [5.74, 6) is 0. The normalized spacial score (nSPS) is 13.2. The average molecular weight is 310 g/mol. The number of rotatable bonds is 11. The molecule has 0 saturated carbocycles. The number of para-hydroxylation sites is 1. The molecule has 2 heteroatoms. The SMILES string of the molecule is C=CC[N+](C)(CCCCCCCCC)c1ccccc1.[Cl-]. The molecule has 1 aromatic carbocycles. The maximum atomic E-state index is 3.93. The highest BCUT2D eigenvalue weighted by molar-refractivity contribution is 5.42. The zero-order chi connectivity index (χ0) is 14.7. The van der Waals surface area contributed by atoms with E-state index in [4.69, 9.17) is 0 Å². The van der Waals surface area contributed by atoms with Gasteiger partial charge in [0.1, 0.15) is 12.2 Å². The Morgan fingerprint density at radius 1 is 0.952 bits per heavy atom. The summed E-state index contributed by atoms with van der Waals surface area (Å²) in [5, 5.41) is 0. The van der Waals surface area contributed by atoms with Gasteiger partial charge in [-0.15, -0.1) is 0 Å². The minimum absolute atomic E-state index is 0. The summed E-state index contributed by atoms with van der Waals surface area (Å²) in [5.41, 5.74) is 1.40. The summed E-state index contributed by atoms with van der Waals surface area (Å²) < 4.78 is 0.985. The number of hydrogen-bond acceptors (Lipinski definition) is 0. The fraction of sp³-hybridized carbons (Fsp3) is 0.579. The second-order valence-electron chi connectivity index (χ2n) is 6.05. The van der Waals surface area contributed by atoms with Gasteiger partial charge < -0.3 is 12.4 Å². The Bertz CT molecular complexity index is 363. The number of benzene rings is 1. The fourth-order valence-electron chi connectivity index (χ4n) is 2.82. The summed E-state index contributed by atoms with van der Waals surface area (Å²) in [7, 11) is 2.33. The van der Waals surface area contributed by atoms with Gasteiger partial charge in [-0.1, -0.05) is 63.8 Å². The van der Waals surface area contributed by atoms with Crippen molar-refractivity contribution >= 4 is 5.69 Å². The molecule has 1 unspecified atom stereocenters. The molecule has 21 heavy (non-hydrogen) atoms. The van der Waals surface area contributed by atoms with Crippen LogP contribution < -0.4 is 16.9 Å². The summed E-state index contributed by atoms with van der Waals surface area (Å²) in [6, 6.07) is 10.9. The molecule has 1 aromatic rings. The van der Waals surface area contributed by atoms with Crippen LogP contribution >= 0.6 is 0 Å². The highest BCUT2D eigenvalue weighted by atomic mass is 35.5. The summed E-state index contributed by atoms with van der Waals surface area (Å²) in [6.45, 7) is 8.44. The summed E-state index contributed by atoms with van der Waals surface area (Å²) in [6.07, 6.45) is 11.7. The van der Waals surface area contributed by atoms with Gasteiger partial charge in [0.25, 0.3) is 0 Å². The first kappa shape index (κ1) is 20.2. The number of nitrogens with zero attached hydrogens (tertiary/aromatic N) is 1. The van der Waals surface area contributed by atoms with E-state index in [0.717, 1.165) is 11.0 Å². The van der Waals surface area contributed by atoms with E-state index in [2.05, 4.69) is 50.9 Å². The molecule has 1 atom stereocenters. The minimum atomic E-state index is 0. The van der Waals surface area contributed by atoms with Gasteiger partial charge in [-0.25, -0.2) is 0 Å². The first-order chi connectivity index (χ1) is 9.73. The van der Waals surface area contributed by atoms with Crippen molar-refractivity contribution in [2.45, 2.75) is 51.9 Å². The highest BCUT2D eigenvalue weighted by Gasteiger charge is 2.22. The Kier molecular flexibility index (Phi) is 11.4. The number of quaternary nitrogens is 1. The van der Waals surface area contributed by atoms with Gasteiger partial charge in [-0.3, -0.25) is 4.48 Å². The van der Waals surface area contributed by atoms with Crippen molar-refractivity contribution in [2.75, 3.05) is 20.1 Å². The summed E-state index contributed by atoms with van der Waals surface area (Å²) in [4.78, 5) is 0. The molecule has 0 aliphatic heterocycles. The van der Waals surface area contributed by atoms with Crippen molar-refractivity contribution in [3.8, 4) is 0 Å². The first-order valence-electron chi connectivity index (χ1n) is 8.24. The molecular weight excluding hydrogens is 278 g/mol. The standard InChI is InChI=1S/C19H32N.ClH/c1-4-6-7-8-9-10-14-18-20(3,17-5-2)19-15-12-11-13-16-19;/h5,11-13,15-16H,2,4,6-10,14,17-18H2,1,3H3;1H/q+1;/p-1. The third-order valence-corrected chi connectivity index (χ3v) is 4.17. The molecule has 0 amide bonds. The maximum Gasteiger partial charge on any atom is 0.132 e. The lowest BCUT2D eigenvalue weighted by atomic mass is 10.1. The fourth-order valence-corrected chi connectivity index (χ4v) is 2.82. The van der Waals surface area contributed by atoms with Gasteiger partial charge in [0, 0.05) is 0 Å². The van der Waals surface area contributed by atoms with Crippen molar-refractivity contribution in [3.05, 3.63) is 43.0 Å². The number of halogens is 1. The van der Waals surface area contributed by atoms with Crippen LogP contribution in [0.2, 0.25) is 0 Å². The van der Waals surface area contributed by atoms with Gasteiger partial charge in [-0.2, -0.15) is 0 Å².